The predicted molar refractivity (Wildman–Crippen MR) is 64.7 cm³/mol. The number of fused-ring (bicyclic) bond motifs is 1. The fourth-order valence-corrected chi connectivity index (χ4v) is 1.74. The van der Waals surface area contributed by atoms with Gasteiger partial charge in [-0.25, -0.2) is 0 Å². The van der Waals surface area contributed by atoms with Crippen LogP contribution in [0, 0.1) is 11.3 Å². The normalized spacial score (nSPS) is 12.1. The van der Waals surface area contributed by atoms with Gasteiger partial charge in [0.25, 0.3) is 0 Å². The van der Waals surface area contributed by atoms with Crippen molar-refractivity contribution in [3.8, 4) is 11.8 Å². The zero-order valence-corrected chi connectivity index (χ0v) is 9.53. The second-order valence-electron chi connectivity index (χ2n) is 3.46. The highest BCUT2D eigenvalue weighted by Crippen LogP contribution is 2.26. The summed E-state index contributed by atoms with van der Waals surface area (Å²) in [5.41, 5.74) is 0.821. The van der Waals surface area contributed by atoms with Crippen molar-refractivity contribution in [3.05, 3.63) is 42.0 Å². The maximum absolute atomic E-state index is 8.74. The first kappa shape index (κ1) is 10.8. The van der Waals surface area contributed by atoms with Crippen molar-refractivity contribution >= 4 is 22.4 Å². The second kappa shape index (κ2) is 4.42. The molecule has 0 radical (unpaired) electrons. The van der Waals surface area contributed by atoms with E-state index in [1.165, 1.54) is 0 Å². The molecule has 1 unspecified atom stereocenters. The van der Waals surface area contributed by atoms with E-state index < -0.39 is 5.38 Å². The van der Waals surface area contributed by atoms with Gasteiger partial charge in [-0.15, -0.1) is 11.6 Å². The van der Waals surface area contributed by atoms with Crippen molar-refractivity contribution in [1.29, 1.82) is 5.26 Å². The van der Waals surface area contributed by atoms with E-state index in [-0.39, 0.29) is 0 Å². The highest BCUT2D eigenvalue weighted by atomic mass is 35.5. The minimum atomic E-state index is -0.591. The minimum absolute atomic E-state index is 0.591. The minimum Gasteiger partial charge on any atom is -0.497 e. The maximum Gasteiger partial charge on any atom is 0.145 e. The van der Waals surface area contributed by atoms with Crippen LogP contribution in [0.2, 0.25) is 0 Å². The molecule has 0 fully saturated rings. The van der Waals surface area contributed by atoms with Gasteiger partial charge in [-0.05, 0) is 34.5 Å². The van der Waals surface area contributed by atoms with E-state index in [9.17, 15) is 0 Å². The molecule has 2 aromatic rings. The summed E-state index contributed by atoms with van der Waals surface area (Å²) in [6.45, 7) is 0. The van der Waals surface area contributed by atoms with E-state index in [2.05, 4.69) is 0 Å². The van der Waals surface area contributed by atoms with Gasteiger partial charge in [0.1, 0.15) is 11.1 Å². The lowest BCUT2D eigenvalue weighted by Gasteiger charge is -2.05. The summed E-state index contributed by atoms with van der Waals surface area (Å²) in [4.78, 5) is 0. The molecular weight excluding hydrogens is 222 g/mol. The molecule has 0 N–H and O–H groups in total. The van der Waals surface area contributed by atoms with Crippen molar-refractivity contribution < 1.29 is 4.74 Å². The molecule has 80 valence electrons. The summed E-state index contributed by atoms with van der Waals surface area (Å²) in [5, 5.41) is 10.3. The number of methoxy groups -OCH3 is 1. The van der Waals surface area contributed by atoms with E-state index >= 15 is 0 Å². The van der Waals surface area contributed by atoms with Gasteiger partial charge in [0, 0.05) is 0 Å². The predicted octanol–water partition coefficient (Wildman–Crippen LogP) is 3.65. The van der Waals surface area contributed by atoms with E-state index in [0.717, 1.165) is 22.1 Å². The van der Waals surface area contributed by atoms with E-state index in [1.54, 1.807) is 7.11 Å². The fraction of sp³-hybridized carbons (Fsp3) is 0.154. The molecule has 0 aromatic heterocycles. The second-order valence-corrected chi connectivity index (χ2v) is 3.90. The third-order valence-corrected chi connectivity index (χ3v) is 2.83. The van der Waals surface area contributed by atoms with Crippen LogP contribution in [0.1, 0.15) is 10.9 Å². The van der Waals surface area contributed by atoms with Gasteiger partial charge in [-0.3, -0.25) is 0 Å². The highest BCUT2D eigenvalue weighted by Gasteiger charge is 2.06. The third kappa shape index (κ3) is 1.95. The Labute approximate surface area is 99.0 Å². The Kier molecular flexibility index (Phi) is 2.98. The van der Waals surface area contributed by atoms with Gasteiger partial charge >= 0.3 is 0 Å². The molecule has 2 aromatic carbocycles. The summed E-state index contributed by atoms with van der Waals surface area (Å²) >= 11 is 5.86. The molecule has 2 rings (SSSR count). The lowest BCUT2D eigenvalue weighted by Crippen LogP contribution is -1.87. The molecule has 0 aliphatic heterocycles. The molecule has 2 nitrogen and oxygen atoms in total. The molecule has 1 atom stereocenters. The summed E-state index contributed by atoms with van der Waals surface area (Å²) in [6.07, 6.45) is 0. The van der Waals surface area contributed by atoms with Crippen molar-refractivity contribution in [2.45, 2.75) is 5.38 Å². The maximum atomic E-state index is 8.74. The van der Waals surface area contributed by atoms with Crippen LogP contribution in [0.5, 0.6) is 5.75 Å². The highest BCUT2D eigenvalue weighted by molar-refractivity contribution is 6.22. The first-order chi connectivity index (χ1) is 7.74. The number of nitriles is 1. The van der Waals surface area contributed by atoms with Crippen LogP contribution in [0.15, 0.2) is 36.4 Å². The number of nitrogens with zero attached hydrogens (tertiary/aromatic N) is 1. The summed E-state index contributed by atoms with van der Waals surface area (Å²) in [6, 6.07) is 13.5. The molecule has 0 saturated heterocycles. The number of alkyl halides is 1. The molecule has 0 aliphatic carbocycles. The zero-order valence-electron chi connectivity index (χ0n) is 8.77. The smallest absolute Gasteiger partial charge is 0.145 e. The number of halogens is 1. The standard InChI is InChI=1S/C13H10ClNO/c1-16-12-5-4-9-6-11(13(14)8-15)3-2-10(9)7-12/h2-7,13H,1H3. The molecule has 0 bridgehead atoms. The molecular formula is C13H10ClNO. The van der Waals surface area contributed by atoms with Crippen LogP contribution in [-0.2, 0) is 0 Å². The van der Waals surface area contributed by atoms with Crippen LogP contribution in [-0.4, -0.2) is 7.11 Å². The summed E-state index contributed by atoms with van der Waals surface area (Å²) < 4.78 is 5.14. The van der Waals surface area contributed by atoms with Crippen LogP contribution < -0.4 is 4.74 Å². The van der Waals surface area contributed by atoms with Gasteiger partial charge in [0.05, 0.1) is 13.2 Å². The van der Waals surface area contributed by atoms with Gasteiger partial charge in [-0.2, -0.15) is 5.26 Å². The number of hydrogen-bond donors (Lipinski definition) is 0. The SMILES string of the molecule is COc1ccc2cc(C(Cl)C#N)ccc2c1. The van der Waals surface area contributed by atoms with Crippen molar-refractivity contribution in [2.24, 2.45) is 0 Å². The Morgan fingerprint density at radius 3 is 2.56 bits per heavy atom. The van der Waals surface area contributed by atoms with Crippen LogP contribution in [0.25, 0.3) is 10.8 Å². The fourth-order valence-electron chi connectivity index (χ4n) is 1.60. The Morgan fingerprint density at radius 1 is 1.19 bits per heavy atom. The van der Waals surface area contributed by atoms with Crippen LogP contribution >= 0.6 is 11.6 Å². The molecule has 0 amide bonds. The molecule has 16 heavy (non-hydrogen) atoms. The molecule has 0 heterocycles. The molecule has 0 spiro atoms. The van der Waals surface area contributed by atoms with Crippen LogP contribution in [0.4, 0.5) is 0 Å². The zero-order chi connectivity index (χ0) is 11.5. The largest absolute Gasteiger partial charge is 0.497 e. The summed E-state index contributed by atoms with van der Waals surface area (Å²) in [5.74, 6) is 0.822. The quantitative estimate of drug-likeness (QED) is 0.739. The third-order valence-electron chi connectivity index (χ3n) is 2.48. The Morgan fingerprint density at radius 2 is 1.88 bits per heavy atom. The average Bonchev–Trinajstić information content (AvgIpc) is 2.36. The van der Waals surface area contributed by atoms with Gasteiger partial charge in [0.2, 0.25) is 0 Å². The van der Waals surface area contributed by atoms with E-state index in [0.29, 0.717) is 0 Å². The van der Waals surface area contributed by atoms with Crippen molar-refractivity contribution in [1.82, 2.24) is 0 Å². The Hall–Kier alpha value is -1.72. The van der Waals surface area contributed by atoms with Crippen molar-refractivity contribution in [2.75, 3.05) is 7.11 Å². The van der Waals surface area contributed by atoms with Gasteiger partial charge in [-0.1, -0.05) is 18.2 Å². The lowest BCUT2D eigenvalue weighted by molar-refractivity contribution is 0.415. The molecule has 0 aliphatic rings. The number of ether oxygens (including phenoxy) is 1. The summed E-state index contributed by atoms with van der Waals surface area (Å²) in [7, 11) is 1.64. The number of rotatable bonds is 2. The Balaban J connectivity index is 2.52. The van der Waals surface area contributed by atoms with E-state index in [1.807, 2.05) is 42.5 Å². The average molecular weight is 232 g/mol. The monoisotopic (exact) mass is 231 g/mol. The topological polar surface area (TPSA) is 33.0 Å². The molecule has 3 heteroatoms. The first-order valence-corrected chi connectivity index (χ1v) is 5.29. The van der Waals surface area contributed by atoms with Gasteiger partial charge in [0.15, 0.2) is 0 Å². The number of benzene rings is 2. The number of hydrogen-bond acceptors (Lipinski definition) is 2. The van der Waals surface area contributed by atoms with E-state index in [4.69, 9.17) is 21.6 Å². The molecule has 0 saturated carbocycles. The first-order valence-electron chi connectivity index (χ1n) is 4.86. The van der Waals surface area contributed by atoms with Crippen molar-refractivity contribution in [3.63, 3.8) is 0 Å². The lowest BCUT2D eigenvalue weighted by atomic mass is 10.1. The Bertz CT molecular complexity index is 559. The van der Waals surface area contributed by atoms with Gasteiger partial charge < -0.3 is 4.74 Å². The van der Waals surface area contributed by atoms with Crippen LogP contribution in [0.3, 0.4) is 0 Å².